The molecule has 0 aromatic rings. The van der Waals surface area contributed by atoms with E-state index >= 15 is 0 Å². The van der Waals surface area contributed by atoms with Gasteiger partial charge in [0.2, 0.25) is 0 Å². The molecule has 0 saturated carbocycles. The van der Waals surface area contributed by atoms with E-state index in [1.54, 1.807) is 0 Å². The summed E-state index contributed by atoms with van der Waals surface area (Å²) in [6, 6.07) is 0. The summed E-state index contributed by atoms with van der Waals surface area (Å²) in [4.78, 5) is 12.3. The van der Waals surface area contributed by atoms with Crippen molar-refractivity contribution in [1.82, 2.24) is 0 Å². The van der Waals surface area contributed by atoms with Crippen LogP contribution >= 0.6 is 0 Å². The zero-order valence-corrected chi connectivity index (χ0v) is 42.4. The summed E-state index contributed by atoms with van der Waals surface area (Å²) in [5.41, 5.74) is 0. The highest BCUT2D eigenvalue weighted by Crippen LogP contribution is 2.39. The maximum atomic E-state index is 12.3. The summed E-state index contributed by atoms with van der Waals surface area (Å²) < 4.78 is 85.2. The van der Waals surface area contributed by atoms with Crippen molar-refractivity contribution in [2.75, 3.05) is 46.2 Å². The summed E-state index contributed by atoms with van der Waals surface area (Å²) >= 11 is 0. The highest BCUT2D eigenvalue weighted by molar-refractivity contribution is 5.81. The van der Waals surface area contributed by atoms with Gasteiger partial charge in [-0.1, -0.05) is 6.58 Å². The van der Waals surface area contributed by atoms with Crippen LogP contribution in [0.15, 0.2) is 12.7 Å². The third-order valence-electron chi connectivity index (χ3n) is 15.2. The van der Waals surface area contributed by atoms with Crippen molar-refractivity contribution < 1.29 is 178 Å². The molecule has 36 heteroatoms. The molecule has 0 aliphatic carbocycles. The van der Waals surface area contributed by atoms with Gasteiger partial charge < -0.3 is 173 Å². The fourth-order valence-corrected chi connectivity index (χ4v) is 10.6. The summed E-state index contributed by atoms with van der Waals surface area (Å²) in [7, 11) is 0. The molecule has 0 spiro atoms. The monoisotopic (exact) mass is 1190 g/mol. The number of aliphatic hydroxyl groups is 20. The van der Waals surface area contributed by atoms with Crippen LogP contribution in [0, 0.1) is 0 Å². The molecule has 21 fully saturated rings. The van der Waals surface area contributed by atoms with Gasteiger partial charge in [0, 0.05) is 6.08 Å². The second-order valence-electron chi connectivity index (χ2n) is 20.3. The summed E-state index contributed by atoms with van der Waals surface area (Å²) in [5, 5.41) is 222. The number of hydrogen-bond acceptors (Lipinski definition) is 36. The first-order valence-corrected chi connectivity index (χ1v) is 25.7. The van der Waals surface area contributed by atoms with Crippen molar-refractivity contribution in [3.8, 4) is 0 Å². The predicted octanol–water partition coefficient (Wildman–Crippen LogP) is -14.5. The normalized spacial score (nSPS) is 53.1. The topological polar surface area (TPSA) is 560 Å². The minimum Gasteiger partial charge on any atom is -0.460 e. The molecule has 20 N–H and O–H groups in total. The Morgan fingerprint density at radius 3 is 0.605 bits per heavy atom. The van der Waals surface area contributed by atoms with Gasteiger partial charge in [-0.25, -0.2) is 4.79 Å². The van der Waals surface area contributed by atoms with Crippen LogP contribution in [0.3, 0.4) is 0 Å². The van der Waals surface area contributed by atoms with Gasteiger partial charge in [-0.3, -0.25) is 0 Å². The number of carbonyl (C=O) groups excluding carboxylic acids is 1. The fourth-order valence-electron chi connectivity index (χ4n) is 10.6. The van der Waals surface area contributed by atoms with E-state index in [1.807, 2.05) is 0 Å². The lowest BCUT2D eigenvalue weighted by Gasteiger charge is -2.50. The number of hydrogen-bond donors (Lipinski definition) is 20. The molecule has 21 saturated heterocycles. The van der Waals surface area contributed by atoms with Crippen molar-refractivity contribution >= 4 is 5.97 Å². The van der Waals surface area contributed by atoms with Crippen LogP contribution in [0.2, 0.25) is 0 Å². The van der Waals surface area contributed by atoms with Gasteiger partial charge in [0.25, 0.3) is 0 Å². The Morgan fingerprint density at radius 2 is 0.444 bits per heavy atom. The van der Waals surface area contributed by atoms with Gasteiger partial charge >= 0.3 is 5.97 Å². The summed E-state index contributed by atoms with van der Waals surface area (Å²) in [6.45, 7) is -3.99. The Labute approximate surface area is 457 Å². The summed E-state index contributed by atoms with van der Waals surface area (Å²) in [6.07, 6.45) is -70.6. The fraction of sp³-hybridized carbons (Fsp3) is 0.933. The van der Waals surface area contributed by atoms with Gasteiger partial charge in [0.1, 0.15) is 178 Å². The van der Waals surface area contributed by atoms with Crippen LogP contribution < -0.4 is 0 Å². The lowest BCUT2D eigenvalue weighted by Crippen LogP contribution is -2.68. The molecule has 21 aliphatic rings. The van der Waals surface area contributed by atoms with E-state index in [0.29, 0.717) is 0 Å². The number of esters is 1. The molecule has 35 atom stereocenters. The maximum Gasteiger partial charge on any atom is 0.330 e. The van der Waals surface area contributed by atoms with Crippen molar-refractivity contribution in [2.24, 2.45) is 0 Å². The molecule has 21 heterocycles. The molecule has 0 unspecified atom stereocenters. The maximum absolute atomic E-state index is 12.3. The van der Waals surface area contributed by atoms with Crippen molar-refractivity contribution in [2.45, 2.75) is 215 Å². The Balaban J connectivity index is 1.10. The molecule has 21 aliphatic heterocycles. The van der Waals surface area contributed by atoms with Crippen LogP contribution in [-0.2, 0) is 75.8 Å². The van der Waals surface area contributed by atoms with Gasteiger partial charge in [-0.15, -0.1) is 0 Å². The first-order chi connectivity index (χ1) is 38.5. The van der Waals surface area contributed by atoms with E-state index in [4.69, 9.17) is 71.1 Å². The molecule has 81 heavy (non-hydrogen) atoms. The third-order valence-corrected chi connectivity index (χ3v) is 15.2. The highest BCUT2D eigenvalue weighted by Gasteiger charge is 2.59. The number of rotatable bonds is 9. The summed E-state index contributed by atoms with van der Waals surface area (Å²) in [5.74, 6) is -1.06. The molecule has 0 radical (unpaired) electrons. The molecule has 14 bridgehead atoms. The van der Waals surface area contributed by atoms with Gasteiger partial charge in [-0.2, -0.15) is 0 Å². The number of aliphatic hydroxyl groups excluding tert-OH is 20. The van der Waals surface area contributed by atoms with Crippen LogP contribution in [0.25, 0.3) is 0 Å². The molecule has 468 valence electrons. The molecular formula is C45H72O36. The van der Waals surface area contributed by atoms with E-state index < -0.39 is 267 Å². The zero-order chi connectivity index (χ0) is 59.0. The zero-order valence-electron chi connectivity index (χ0n) is 42.4. The highest BCUT2D eigenvalue weighted by atomic mass is 16.8. The molecule has 0 aromatic heterocycles. The van der Waals surface area contributed by atoms with Crippen LogP contribution in [0.5, 0.6) is 0 Å². The average Bonchev–Trinajstić information content (AvgIpc) is 3.59. The second-order valence-corrected chi connectivity index (χ2v) is 20.3. The van der Waals surface area contributed by atoms with E-state index in [2.05, 4.69) is 6.58 Å². The SMILES string of the molecule is C=CC(=O)OC[C@H]1O[C@@H]2O[C@H]3[C@H](O)[C@@H](O)[C@@H](O[C@H]4[C@H](O)[C@@H](O)[C@@H](O[C@H]5[C@H](O)[C@@H](O)[C@@H](O[C@H]6[C@H](O)[C@@H](O)[C@@H](O[C@H]7[C@H](O)[C@@H](O)[C@@H](O[C@H]8[C@H](O)[C@@H](O)[C@@H](O[C@H]1[C@H](O)[C@H]2O)O[C@@H]8CO)O[C@@H]7CO)O[C@@H]6CO)O[C@@H]5CO)O[C@@H]4CO)O[C@@H]3CO. The van der Waals surface area contributed by atoms with E-state index in [-0.39, 0.29) is 0 Å². The Bertz CT molecular complexity index is 1980. The van der Waals surface area contributed by atoms with Gasteiger partial charge in [0.15, 0.2) is 44.0 Å². The lowest BCUT2D eigenvalue weighted by atomic mass is 9.95. The quantitative estimate of drug-likeness (QED) is 0.0753. The van der Waals surface area contributed by atoms with Gasteiger partial charge in [-0.05, 0) is 0 Å². The molecular weight excluding hydrogens is 1120 g/mol. The van der Waals surface area contributed by atoms with Crippen molar-refractivity contribution in [3.63, 3.8) is 0 Å². The van der Waals surface area contributed by atoms with Gasteiger partial charge in [0.05, 0.1) is 39.6 Å². The third kappa shape index (κ3) is 13.1. The first-order valence-electron chi connectivity index (χ1n) is 25.7. The average molecular weight is 1190 g/mol. The predicted molar refractivity (Wildman–Crippen MR) is 243 cm³/mol. The number of carbonyl (C=O) groups is 1. The van der Waals surface area contributed by atoms with Crippen LogP contribution in [-0.4, -0.2) is 369 Å². The van der Waals surface area contributed by atoms with Crippen molar-refractivity contribution in [1.29, 1.82) is 0 Å². The molecule has 0 amide bonds. The smallest absolute Gasteiger partial charge is 0.330 e. The van der Waals surface area contributed by atoms with Crippen molar-refractivity contribution in [3.05, 3.63) is 12.7 Å². The molecule has 36 nitrogen and oxygen atoms in total. The van der Waals surface area contributed by atoms with Crippen LogP contribution in [0.1, 0.15) is 0 Å². The number of ether oxygens (including phenoxy) is 15. The molecule has 0 aromatic carbocycles. The van der Waals surface area contributed by atoms with Crippen LogP contribution in [0.4, 0.5) is 0 Å². The second kappa shape index (κ2) is 27.7. The minimum absolute atomic E-state index is 0.731. The standard InChI is InChI=1S/C45H72O36/c1-2-17(52)67-9-16-38-24(59)31(66)45(74-16)80-37-15(8-51)72-43(29(64)22(37)57)78-35-13(6-49)70-41(27(62)20(35)55)76-33-11(4-47)68-39(25(60)18(33)53)75-32-10(3-46)69-40(26(61)19(32)54)77-34-12(5-48)71-42(28(63)21(34)56)79-36-14(7-50)73-44(81-38)30(65)23(36)58/h2,10-16,18-51,53-66H,1,3-9H2/t10-,11-,12-,13-,14-,15-,16-,18-,19-,20-,21-,22-,23-,24-,25-,26-,27-,28-,29-,30-,31-,32-,33-,34-,35-,36-,37-,38-,39-,40-,41-,42-,43-,44-,45-/m1/s1. The first kappa shape index (κ1) is 64.8. The van der Waals surface area contributed by atoms with E-state index in [9.17, 15) is 107 Å². The Morgan fingerprint density at radius 1 is 0.284 bits per heavy atom. The Hall–Kier alpha value is -2.15. The van der Waals surface area contributed by atoms with E-state index in [1.165, 1.54) is 0 Å². The largest absolute Gasteiger partial charge is 0.460 e. The Kier molecular flexibility index (Phi) is 22.2. The molecule has 21 rings (SSSR count). The lowest BCUT2D eigenvalue weighted by molar-refractivity contribution is -0.396. The van der Waals surface area contributed by atoms with E-state index in [0.717, 1.165) is 6.08 Å². The minimum atomic E-state index is -2.26.